The Kier molecular flexibility index (Phi) is 3.68. The number of rotatable bonds is 4. The Balaban J connectivity index is 2.39. The van der Waals surface area contributed by atoms with Crippen LogP contribution in [0, 0.1) is 17.5 Å². The van der Waals surface area contributed by atoms with E-state index in [1.165, 1.54) is 0 Å². The van der Waals surface area contributed by atoms with Crippen LogP contribution in [0.15, 0.2) is 23.4 Å². The number of hydrogen-bond donors (Lipinski definition) is 3. The maximum Gasteiger partial charge on any atom is 0.279 e. The molecule has 1 aromatic carbocycles. The Bertz CT molecular complexity index is 722. The van der Waals surface area contributed by atoms with Crippen molar-refractivity contribution in [1.29, 1.82) is 0 Å². The zero-order valence-electron chi connectivity index (χ0n) is 9.69. The number of sulfonamides is 1. The summed E-state index contributed by atoms with van der Waals surface area (Å²) < 4.78 is 64.4. The SMILES string of the molecule is O=S(=O)(Nc1cc(F)c(F)c(F)c1)c1[nH]ncc1CO. The number of nitrogens with one attached hydrogen (secondary N) is 2. The number of aliphatic hydroxyl groups excluding tert-OH is 1. The molecule has 0 amide bonds. The van der Waals surface area contributed by atoms with Gasteiger partial charge in [0.05, 0.1) is 18.5 Å². The summed E-state index contributed by atoms with van der Waals surface area (Å²) in [5.41, 5.74) is -0.527. The number of halogens is 3. The van der Waals surface area contributed by atoms with Gasteiger partial charge in [-0.3, -0.25) is 9.82 Å². The van der Waals surface area contributed by atoms with Crippen LogP contribution in [-0.4, -0.2) is 23.7 Å². The third-order valence-corrected chi connectivity index (χ3v) is 3.75. The van der Waals surface area contributed by atoms with Crippen LogP contribution in [0.4, 0.5) is 18.9 Å². The van der Waals surface area contributed by atoms with E-state index in [1.807, 2.05) is 4.72 Å². The summed E-state index contributed by atoms with van der Waals surface area (Å²) in [6.45, 7) is -0.598. The summed E-state index contributed by atoms with van der Waals surface area (Å²) in [5, 5.41) is 14.1. The van der Waals surface area contributed by atoms with Crippen molar-refractivity contribution in [3.63, 3.8) is 0 Å². The molecule has 20 heavy (non-hydrogen) atoms. The van der Waals surface area contributed by atoms with Crippen LogP contribution < -0.4 is 4.72 Å². The van der Waals surface area contributed by atoms with Crippen molar-refractivity contribution in [2.75, 3.05) is 4.72 Å². The average molecular weight is 307 g/mol. The van der Waals surface area contributed by atoms with E-state index in [0.717, 1.165) is 6.20 Å². The van der Waals surface area contributed by atoms with Crippen molar-refractivity contribution in [1.82, 2.24) is 10.2 Å². The van der Waals surface area contributed by atoms with Crippen molar-refractivity contribution in [2.24, 2.45) is 0 Å². The van der Waals surface area contributed by atoms with Crippen molar-refractivity contribution in [3.05, 3.63) is 41.3 Å². The Morgan fingerprint density at radius 2 is 1.85 bits per heavy atom. The van der Waals surface area contributed by atoms with E-state index in [4.69, 9.17) is 5.11 Å². The molecule has 0 spiro atoms. The Morgan fingerprint density at radius 1 is 1.25 bits per heavy atom. The predicted octanol–water partition coefficient (Wildman–Crippen LogP) is 1.12. The van der Waals surface area contributed by atoms with E-state index in [9.17, 15) is 21.6 Å². The zero-order valence-corrected chi connectivity index (χ0v) is 10.5. The number of H-pyrrole nitrogens is 1. The number of benzene rings is 1. The second-order valence-corrected chi connectivity index (χ2v) is 5.36. The second kappa shape index (κ2) is 5.13. The lowest BCUT2D eigenvalue weighted by atomic mass is 10.3. The first kappa shape index (κ1) is 14.3. The molecule has 0 atom stereocenters. The van der Waals surface area contributed by atoms with Crippen LogP contribution in [0.3, 0.4) is 0 Å². The average Bonchev–Trinajstić information content (AvgIpc) is 2.84. The number of nitrogens with zero attached hydrogens (tertiary/aromatic N) is 1. The van der Waals surface area contributed by atoms with Crippen LogP contribution >= 0.6 is 0 Å². The third kappa shape index (κ3) is 2.60. The Labute approximate surface area is 111 Å². The predicted molar refractivity (Wildman–Crippen MR) is 61.6 cm³/mol. The summed E-state index contributed by atoms with van der Waals surface area (Å²) >= 11 is 0. The monoisotopic (exact) mass is 307 g/mol. The normalized spacial score (nSPS) is 11.6. The number of anilines is 1. The molecule has 0 fully saturated rings. The maximum absolute atomic E-state index is 13.0. The van der Waals surface area contributed by atoms with Crippen LogP contribution in [-0.2, 0) is 16.6 Å². The maximum atomic E-state index is 13.0. The first-order valence-electron chi connectivity index (χ1n) is 5.15. The molecule has 0 aliphatic carbocycles. The molecule has 0 saturated carbocycles. The van der Waals surface area contributed by atoms with Gasteiger partial charge in [-0.2, -0.15) is 13.5 Å². The Hall–Kier alpha value is -2.07. The second-order valence-electron chi connectivity index (χ2n) is 3.74. The van der Waals surface area contributed by atoms with Crippen LogP contribution in [0.25, 0.3) is 0 Å². The van der Waals surface area contributed by atoms with Crippen molar-refractivity contribution >= 4 is 15.7 Å². The number of aliphatic hydroxyl groups is 1. The summed E-state index contributed by atoms with van der Waals surface area (Å²) in [4.78, 5) is 0. The molecule has 1 heterocycles. The molecule has 2 aromatic rings. The number of aromatic amines is 1. The molecule has 0 aliphatic heterocycles. The summed E-state index contributed by atoms with van der Waals surface area (Å²) in [6, 6.07) is 0.982. The van der Waals surface area contributed by atoms with Gasteiger partial charge in [-0.1, -0.05) is 0 Å². The minimum atomic E-state index is -4.24. The molecule has 6 nitrogen and oxygen atoms in total. The topological polar surface area (TPSA) is 95.1 Å². The van der Waals surface area contributed by atoms with Crippen molar-refractivity contribution in [2.45, 2.75) is 11.6 Å². The Morgan fingerprint density at radius 3 is 2.40 bits per heavy atom. The smallest absolute Gasteiger partial charge is 0.279 e. The first-order valence-corrected chi connectivity index (χ1v) is 6.64. The van der Waals surface area contributed by atoms with Gasteiger partial charge in [0, 0.05) is 17.7 Å². The minimum absolute atomic E-state index is 0.0273. The van der Waals surface area contributed by atoms with Gasteiger partial charge < -0.3 is 5.11 Å². The van der Waals surface area contributed by atoms with E-state index >= 15 is 0 Å². The zero-order chi connectivity index (χ0) is 14.9. The fourth-order valence-electron chi connectivity index (χ4n) is 1.47. The lowest BCUT2D eigenvalue weighted by Gasteiger charge is -2.08. The fraction of sp³-hybridized carbons (Fsp3) is 0.100. The largest absolute Gasteiger partial charge is 0.392 e. The van der Waals surface area contributed by atoms with E-state index in [1.54, 1.807) is 0 Å². The van der Waals surface area contributed by atoms with Crippen LogP contribution in [0.1, 0.15) is 5.56 Å². The highest BCUT2D eigenvalue weighted by Crippen LogP contribution is 2.21. The van der Waals surface area contributed by atoms with Gasteiger partial charge in [-0.15, -0.1) is 0 Å². The van der Waals surface area contributed by atoms with Gasteiger partial charge in [0.15, 0.2) is 22.5 Å². The molecule has 108 valence electrons. The summed E-state index contributed by atoms with van der Waals surface area (Å²) in [5.74, 6) is -4.77. The molecule has 10 heteroatoms. The van der Waals surface area contributed by atoms with Crippen molar-refractivity contribution < 1.29 is 26.7 Å². The quantitative estimate of drug-likeness (QED) is 0.738. The van der Waals surface area contributed by atoms with Gasteiger partial charge in [-0.25, -0.2) is 13.2 Å². The summed E-state index contributed by atoms with van der Waals surface area (Å²) in [7, 11) is -4.24. The standard InChI is InChI=1S/C10H8F3N3O3S/c11-7-1-6(2-8(12)9(7)13)16-20(18,19)10-5(4-17)3-14-15-10/h1-3,16-17H,4H2,(H,14,15). The minimum Gasteiger partial charge on any atom is -0.392 e. The lowest BCUT2D eigenvalue weighted by Crippen LogP contribution is -2.15. The van der Waals surface area contributed by atoms with Crippen LogP contribution in [0.5, 0.6) is 0 Å². The molecule has 1 aromatic heterocycles. The molecule has 0 radical (unpaired) electrons. The van der Waals surface area contributed by atoms with Gasteiger partial charge in [-0.05, 0) is 0 Å². The highest BCUT2D eigenvalue weighted by molar-refractivity contribution is 7.92. The summed E-state index contributed by atoms with van der Waals surface area (Å²) in [6.07, 6.45) is 1.08. The third-order valence-electron chi connectivity index (χ3n) is 2.35. The highest BCUT2D eigenvalue weighted by atomic mass is 32.2. The molecule has 3 N–H and O–H groups in total. The first-order chi connectivity index (χ1) is 9.35. The van der Waals surface area contributed by atoms with Gasteiger partial charge in [0.25, 0.3) is 10.0 Å². The van der Waals surface area contributed by atoms with E-state index in [0.29, 0.717) is 12.1 Å². The van der Waals surface area contributed by atoms with Gasteiger partial charge >= 0.3 is 0 Å². The van der Waals surface area contributed by atoms with Crippen molar-refractivity contribution in [3.8, 4) is 0 Å². The number of hydrogen-bond acceptors (Lipinski definition) is 4. The van der Waals surface area contributed by atoms with Crippen LogP contribution in [0.2, 0.25) is 0 Å². The highest BCUT2D eigenvalue weighted by Gasteiger charge is 2.22. The molecule has 0 saturated heterocycles. The molecule has 0 aliphatic rings. The van der Waals surface area contributed by atoms with E-state index in [-0.39, 0.29) is 5.56 Å². The van der Waals surface area contributed by atoms with Gasteiger partial charge in [0.1, 0.15) is 0 Å². The molecule has 2 rings (SSSR count). The van der Waals surface area contributed by atoms with E-state index in [2.05, 4.69) is 10.2 Å². The number of aromatic nitrogens is 2. The van der Waals surface area contributed by atoms with E-state index < -0.39 is 44.8 Å². The molecule has 0 unspecified atom stereocenters. The fourth-order valence-corrected chi connectivity index (χ4v) is 2.63. The van der Waals surface area contributed by atoms with Gasteiger partial charge in [0.2, 0.25) is 0 Å². The molecule has 0 bridgehead atoms. The molecular weight excluding hydrogens is 299 g/mol. The lowest BCUT2D eigenvalue weighted by molar-refractivity contribution is 0.278. The molecular formula is C10H8F3N3O3S.